The van der Waals surface area contributed by atoms with E-state index in [0.717, 1.165) is 24.4 Å². The highest BCUT2D eigenvalue weighted by Crippen LogP contribution is 2.36. The van der Waals surface area contributed by atoms with Crippen molar-refractivity contribution >= 4 is 21.6 Å². The topological polar surface area (TPSA) is 113 Å². The molecule has 0 saturated carbocycles. The van der Waals surface area contributed by atoms with Gasteiger partial charge in [0.15, 0.2) is 0 Å². The number of methoxy groups -OCH3 is 1. The molecule has 3 N–H and O–H groups in total. The van der Waals surface area contributed by atoms with Crippen LogP contribution in [0.15, 0.2) is 35.4 Å². The summed E-state index contributed by atoms with van der Waals surface area (Å²) in [6, 6.07) is 3.42. The van der Waals surface area contributed by atoms with Crippen LogP contribution in [0.5, 0.6) is 5.75 Å². The van der Waals surface area contributed by atoms with Crippen molar-refractivity contribution in [2.24, 2.45) is 12.8 Å². The summed E-state index contributed by atoms with van der Waals surface area (Å²) in [6.07, 6.45) is -3.57. The van der Waals surface area contributed by atoms with Gasteiger partial charge < -0.3 is 19.8 Å². The summed E-state index contributed by atoms with van der Waals surface area (Å²) in [5.41, 5.74) is 3.60. The van der Waals surface area contributed by atoms with Crippen molar-refractivity contribution in [2.75, 3.05) is 25.0 Å². The van der Waals surface area contributed by atoms with Crippen molar-refractivity contribution in [3.63, 3.8) is 0 Å². The molecule has 1 aromatic heterocycles. The third-order valence-electron chi connectivity index (χ3n) is 3.64. The van der Waals surface area contributed by atoms with Gasteiger partial charge in [0.25, 0.3) is 15.9 Å². The minimum Gasteiger partial charge on any atom is -0.489 e. The van der Waals surface area contributed by atoms with E-state index in [0.29, 0.717) is 6.07 Å². The van der Waals surface area contributed by atoms with E-state index in [4.69, 9.17) is 15.2 Å². The predicted molar refractivity (Wildman–Crippen MR) is 93.6 cm³/mol. The monoisotopic (exact) mass is 421 g/mol. The maximum absolute atomic E-state index is 13.0. The first kappa shape index (κ1) is 21.6. The zero-order chi connectivity index (χ0) is 21.1. The fourth-order valence-electron chi connectivity index (χ4n) is 2.28. The Balaban J connectivity index is 2.43. The molecule has 0 atom stereocenters. The number of carbonyl (C=O) groups is 1. The Kier molecular flexibility index (Phi) is 6.24. The maximum atomic E-state index is 13.0. The fourth-order valence-corrected chi connectivity index (χ4v) is 3.41. The van der Waals surface area contributed by atoms with Crippen molar-refractivity contribution in [1.29, 1.82) is 0 Å². The van der Waals surface area contributed by atoms with Crippen LogP contribution in [0, 0.1) is 0 Å². The number of hydrogen-bond donors (Lipinski definition) is 2. The van der Waals surface area contributed by atoms with Crippen molar-refractivity contribution < 1.29 is 35.9 Å². The summed E-state index contributed by atoms with van der Waals surface area (Å²) in [5.74, 6) is -0.966. The van der Waals surface area contributed by atoms with Gasteiger partial charge in [-0.3, -0.25) is 9.52 Å². The Morgan fingerprint density at radius 3 is 2.46 bits per heavy atom. The van der Waals surface area contributed by atoms with Gasteiger partial charge in [-0.25, -0.2) is 8.42 Å². The molecular weight excluding hydrogens is 403 g/mol. The molecule has 28 heavy (non-hydrogen) atoms. The molecule has 0 spiro atoms. The van der Waals surface area contributed by atoms with Gasteiger partial charge in [-0.05, 0) is 24.3 Å². The average Bonchev–Trinajstić information content (AvgIpc) is 2.98. The molecule has 12 heteroatoms. The summed E-state index contributed by atoms with van der Waals surface area (Å²) >= 11 is 0. The van der Waals surface area contributed by atoms with Gasteiger partial charge in [-0.1, -0.05) is 0 Å². The number of hydrogen-bond acceptors (Lipinski definition) is 5. The molecule has 154 valence electrons. The van der Waals surface area contributed by atoms with Crippen LogP contribution in [0.2, 0.25) is 0 Å². The van der Waals surface area contributed by atoms with Crippen LogP contribution in [-0.2, 0) is 28.0 Å². The van der Waals surface area contributed by atoms with E-state index in [1.807, 2.05) is 0 Å². The molecule has 0 aliphatic rings. The second-order valence-corrected chi connectivity index (χ2v) is 7.37. The quantitative estimate of drug-likeness (QED) is 0.633. The molecule has 0 saturated heterocycles. The number of nitrogens with two attached hydrogens (primary N) is 1. The highest BCUT2D eigenvalue weighted by atomic mass is 32.2. The van der Waals surface area contributed by atoms with Crippen LogP contribution in [0.3, 0.4) is 0 Å². The molecule has 0 unspecified atom stereocenters. The summed E-state index contributed by atoms with van der Waals surface area (Å²) in [7, 11) is -1.51. The molecule has 1 aromatic carbocycles. The van der Waals surface area contributed by atoms with Gasteiger partial charge in [-0.15, -0.1) is 0 Å². The SMILES string of the molecule is COCCOc1ccc(C(F)(F)F)cc1NS(=O)(=O)c1cc(C(N)=O)n(C)c1. The standard InChI is InChI=1S/C16H18F3N3O5S/c1-22-9-11(8-13(22)15(20)23)28(24,25)21-12-7-10(16(17,18)19)3-4-14(12)27-6-5-26-2/h3-4,7-9,21H,5-6H2,1-2H3,(H2,20,23). The summed E-state index contributed by atoms with van der Waals surface area (Å²) < 4.78 is 77.6. The van der Waals surface area contributed by atoms with E-state index in [1.165, 1.54) is 18.7 Å². The van der Waals surface area contributed by atoms with Crippen LogP contribution in [0.4, 0.5) is 18.9 Å². The molecular formula is C16H18F3N3O5S. The number of nitrogens with one attached hydrogen (secondary N) is 1. The van der Waals surface area contributed by atoms with Crippen molar-refractivity contribution in [3.05, 3.63) is 41.7 Å². The van der Waals surface area contributed by atoms with Crippen molar-refractivity contribution in [1.82, 2.24) is 4.57 Å². The normalized spacial score (nSPS) is 12.0. The molecule has 0 aliphatic heterocycles. The summed E-state index contributed by atoms with van der Waals surface area (Å²) in [4.78, 5) is 11.0. The van der Waals surface area contributed by atoms with Gasteiger partial charge in [-0.2, -0.15) is 13.2 Å². The van der Waals surface area contributed by atoms with Crippen LogP contribution < -0.4 is 15.2 Å². The zero-order valence-electron chi connectivity index (χ0n) is 14.9. The van der Waals surface area contributed by atoms with Crippen LogP contribution in [-0.4, -0.2) is 39.2 Å². The van der Waals surface area contributed by atoms with Gasteiger partial charge in [0.05, 0.1) is 17.9 Å². The number of nitrogens with zero attached hydrogens (tertiary/aromatic N) is 1. The average molecular weight is 421 g/mol. The highest BCUT2D eigenvalue weighted by molar-refractivity contribution is 7.92. The largest absolute Gasteiger partial charge is 0.489 e. The maximum Gasteiger partial charge on any atom is 0.416 e. The molecule has 8 nitrogen and oxygen atoms in total. The number of sulfonamides is 1. The van der Waals surface area contributed by atoms with Gasteiger partial charge in [0, 0.05) is 20.4 Å². The number of alkyl halides is 3. The lowest BCUT2D eigenvalue weighted by Gasteiger charge is -2.15. The lowest BCUT2D eigenvalue weighted by Crippen LogP contribution is -2.16. The molecule has 0 bridgehead atoms. The number of primary amides is 1. The number of ether oxygens (including phenoxy) is 2. The molecule has 0 radical (unpaired) electrons. The Morgan fingerprint density at radius 1 is 1.25 bits per heavy atom. The molecule has 0 fully saturated rings. The zero-order valence-corrected chi connectivity index (χ0v) is 15.7. The number of halogens is 3. The van der Waals surface area contributed by atoms with Crippen LogP contribution >= 0.6 is 0 Å². The first-order valence-electron chi connectivity index (χ1n) is 7.77. The first-order chi connectivity index (χ1) is 13.0. The Labute approximate surface area is 159 Å². The molecule has 2 aromatic rings. The van der Waals surface area contributed by atoms with Gasteiger partial charge in [0.1, 0.15) is 22.9 Å². The summed E-state index contributed by atoms with van der Waals surface area (Å²) in [5, 5.41) is 0. The van der Waals surface area contributed by atoms with Crippen LogP contribution in [0.25, 0.3) is 0 Å². The number of amides is 1. The molecule has 2 rings (SSSR count). The molecule has 1 heterocycles. The second-order valence-electron chi connectivity index (χ2n) is 5.69. The van der Waals surface area contributed by atoms with Crippen LogP contribution in [0.1, 0.15) is 16.1 Å². The summed E-state index contributed by atoms with van der Waals surface area (Å²) in [6.45, 7) is 0.140. The van der Waals surface area contributed by atoms with E-state index < -0.39 is 33.4 Å². The van der Waals surface area contributed by atoms with E-state index in [-0.39, 0.29) is 29.6 Å². The molecule has 0 aliphatic carbocycles. The van der Waals surface area contributed by atoms with E-state index in [1.54, 1.807) is 0 Å². The third-order valence-corrected chi connectivity index (χ3v) is 4.97. The number of rotatable bonds is 8. The highest BCUT2D eigenvalue weighted by Gasteiger charge is 2.32. The smallest absolute Gasteiger partial charge is 0.416 e. The van der Waals surface area contributed by atoms with E-state index in [9.17, 15) is 26.4 Å². The van der Waals surface area contributed by atoms with Crippen molar-refractivity contribution in [2.45, 2.75) is 11.1 Å². The number of benzene rings is 1. The number of aromatic nitrogens is 1. The number of carbonyl (C=O) groups excluding carboxylic acids is 1. The lowest BCUT2D eigenvalue weighted by atomic mass is 10.2. The minimum atomic E-state index is -4.68. The van der Waals surface area contributed by atoms with E-state index in [2.05, 4.69) is 4.72 Å². The van der Waals surface area contributed by atoms with Gasteiger partial charge in [0.2, 0.25) is 0 Å². The van der Waals surface area contributed by atoms with E-state index >= 15 is 0 Å². The third kappa shape index (κ3) is 4.95. The Hall–Kier alpha value is -2.73. The minimum absolute atomic E-state index is 0.00620. The fraction of sp³-hybridized carbons (Fsp3) is 0.312. The second kappa shape index (κ2) is 8.10. The number of aryl methyl sites for hydroxylation is 1. The first-order valence-corrected chi connectivity index (χ1v) is 9.26. The van der Waals surface area contributed by atoms with Crippen molar-refractivity contribution in [3.8, 4) is 5.75 Å². The molecule has 1 amide bonds. The lowest BCUT2D eigenvalue weighted by molar-refractivity contribution is -0.137. The Morgan fingerprint density at radius 2 is 1.93 bits per heavy atom. The number of anilines is 1. The van der Waals surface area contributed by atoms with Gasteiger partial charge >= 0.3 is 6.18 Å². The predicted octanol–water partition coefficient (Wildman–Crippen LogP) is 1.97. The Bertz CT molecular complexity index is 970.